The second kappa shape index (κ2) is 3.17. The molecule has 1 saturated carbocycles. The average Bonchev–Trinajstić information content (AvgIpc) is 2.99. The van der Waals surface area contributed by atoms with Gasteiger partial charge in [0.2, 0.25) is 5.88 Å². The van der Waals surface area contributed by atoms with E-state index in [1.807, 2.05) is 18.2 Å². The van der Waals surface area contributed by atoms with Gasteiger partial charge in [-0.05, 0) is 31.0 Å². The molecular formula is C12H11BrN2O. The molecule has 1 fully saturated rings. The molecular weight excluding hydrogens is 268 g/mol. The van der Waals surface area contributed by atoms with Gasteiger partial charge in [0.15, 0.2) is 0 Å². The molecule has 82 valence electrons. The topological polar surface area (TPSA) is 46.0 Å². The third kappa shape index (κ3) is 1.48. The van der Waals surface area contributed by atoms with Crippen molar-refractivity contribution in [2.75, 3.05) is 0 Å². The molecule has 3 nitrogen and oxygen atoms in total. The molecule has 2 aromatic rings. The molecule has 3 rings (SSSR count). The molecule has 1 heterocycles. The fourth-order valence-corrected chi connectivity index (χ4v) is 2.13. The van der Waals surface area contributed by atoms with Crippen molar-refractivity contribution in [2.24, 2.45) is 0 Å². The van der Waals surface area contributed by atoms with Gasteiger partial charge in [0.05, 0.1) is 10.9 Å². The van der Waals surface area contributed by atoms with Gasteiger partial charge in [0, 0.05) is 9.89 Å². The molecule has 16 heavy (non-hydrogen) atoms. The Hall–Kier alpha value is -1.16. The summed E-state index contributed by atoms with van der Waals surface area (Å²) < 4.78 is 0.921. The quantitative estimate of drug-likeness (QED) is 0.872. The van der Waals surface area contributed by atoms with Crippen LogP contribution < -0.4 is 0 Å². The van der Waals surface area contributed by atoms with E-state index in [4.69, 9.17) is 0 Å². The molecule has 1 aromatic heterocycles. The van der Waals surface area contributed by atoms with E-state index in [0.717, 1.165) is 28.7 Å². The van der Waals surface area contributed by atoms with Crippen molar-refractivity contribution >= 4 is 26.8 Å². The minimum atomic E-state index is 0.0782. The highest BCUT2D eigenvalue weighted by atomic mass is 79.9. The minimum absolute atomic E-state index is 0.0782. The first-order chi connectivity index (χ1) is 7.58. The van der Waals surface area contributed by atoms with Crippen LogP contribution in [0.2, 0.25) is 0 Å². The van der Waals surface area contributed by atoms with Crippen molar-refractivity contribution in [3.05, 3.63) is 28.5 Å². The molecule has 0 saturated heterocycles. The lowest BCUT2D eigenvalue weighted by molar-refractivity contribution is 0.453. The predicted octanol–water partition coefficient (Wildman–Crippen LogP) is 3.15. The predicted molar refractivity (Wildman–Crippen MR) is 65.5 cm³/mol. The summed E-state index contributed by atoms with van der Waals surface area (Å²) in [5.74, 6) is 0.842. The fourth-order valence-electron chi connectivity index (χ4n) is 1.77. The van der Waals surface area contributed by atoms with Gasteiger partial charge in [-0.15, -0.1) is 0 Å². The maximum atomic E-state index is 9.90. The summed E-state index contributed by atoms with van der Waals surface area (Å²) in [6, 6.07) is 5.66. The van der Waals surface area contributed by atoms with Crippen LogP contribution in [0.3, 0.4) is 0 Å². The highest BCUT2D eigenvalue weighted by Crippen LogP contribution is 2.46. The number of fused-ring (bicyclic) bond motifs is 1. The van der Waals surface area contributed by atoms with Crippen LogP contribution in [0.15, 0.2) is 22.7 Å². The van der Waals surface area contributed by atoms with E-state index >= 15 is 0 Å². The number of hydrogen-bond donors (Lipinski definition) is 1. The Morgan fingerprint density at radius 1 is 1.31 bits per heavy atom. The normalized spacial score (nSPS) is 17.6. The van der Waals surface area contributed by atoms with Crippen molar-refractivity contribution in [3.8, 4) is 5.88 Å². The van der Waals surface area contributed by atoms with Gasteiger partial charge < -0.3 is 5.11 Å². The first-order valence-electron chi connectivity index (χ1n) is 5.25. The summed E-state index contributed by atoms with van der Waals surface area (Å²) >= 11 is 3.37. The van der Waals surface area contributed by atoms with Gasteiger partial charge in [0.1, 0.15) is 5.82 Å². The lowest BCUT2D eigenvalue weighted by atomic mass is 10.1. The second-order valence-electron chi connectivity index (χ2n) is 4.59. The molecule has 1 N–H and O–H groups in total. The molecule has 1 aromatic carbocycles. The van der Waals surface area contributed by atoms with Crippen molar-refractivity contribution in [1.82, 2.24) is 9.97 Å². The molecule has 0 spiro atoms. The van der Waals surface area contributed by atoms with Crippen LogP contribution >= 0.6 is 15.9 Å². The zero-order valence-corrected chi connectivity index (χ0v) is 10.5. The highest BCUT2D eigenvalue weighted by molar-refractivity contribution is 9.10. The van der Waals surface area contributed by atoms with E-state index in [1.165, 1.54) is 0 Å². The Morgan fingerprint density at radius 2 is 2.06 bits per heavy atom. The summed E-state index contributed by atoms with van der Waals surface area (Å²) in [6.45, 7) is 2.13. The number of aromatic nitrogens is 2. The molecule has 0 atom stereocenters. The van der Waals surface area contributed by atoms with E-state index in [9.17, 15) is 5.11 Å². The van der Waals surface area contributed by atoms with Crippen molar-refractivity contribution < 1.29 is 5.11 Å². The molecule has 1 aliphatic carbocycles. The third-order valence-electron chi connectivity index (χ3n) is 3.18. The standard InChI is InChI=1S/C12H11BrN2O/c1-12(4-5-12)11-14-9-3-2-7(13)6-8(9)10(16)15-11/h2-3,6H,4-5H2,1H3,(H,14,15,16). The first-order valence-corrected chi connectivity index (χ1v) is 6.05. The molecule has 0 aliphatic heterocycles. The number of halogens is 1. The van der Waals surface area contributed by atoms with Gasteiger partial charge in [-0.1, -0.05) is 22.9 Å². The van der Waals surface area contributed by atoms with E-state index in [-0.39, 0.29) is 11.3 Å². The molecule has 0 bridgehead atoms. The van der Waals surface area contributed by atoms with Crippen LogP contribution in [-0.4, -0.2) is 15.1 Å². The summed E-state index contributed by atoms with van der Waals surface area (Å²) in [4.78, 5) is 8.72. The van der Waals surface area contributed by atoms with Gasteiger partial charge >= 0.3 is 0 Å². The molecule has 0 radical (unpaired) electrons. The number of hydrogen-bond acceptors (Lipinski definition) is 3. The first kappa shape index (κ1) is 10.0. The summed E-state index contributed by atoms with van der Waals surface area (Å²) in [7, 11) is 0. The zero-order chi connectivity index (χ0) is 11.3. The molecule has 0 unspecified atom stereocenters. The summed E-state index contributed by atoms with van der Waals surface area (Å²) in [5.41, 5.74) is 0.887. The van der Waals surface area contributed by atoms with E-state index in [2.05, 4.69) is 32.8 Å². The SMILES string of the molecule is CC1(c2nc(O)c3cc(Br)ccc3n2)CC1. The third-order valence-corrected chi connectivity index (χ3v) is 3.67. The number of aromatic hydroxyl groups is 1. The Bertz CT molecular complexity index is 578. The monoisotopic (exact) mass is 278 g/mol. The van der Waals surface area contributed by atoms with Crippen molar-refractivity contribution in [3.63, 3.8) is 0 Å². The number of benzene rings is 1. The Morgan fingerprint density at radius 3 is 2.75 bits per heavy atom. The van der Waals surface area contributed by atoms with Crippen LogP contribution in [0.4, 0.5) is 0 Å². The summed E-state index contributed by atoms with van der Waals surface area (Å²) in [5, 5.41) is 10.6. The van der Waals surface area contributed by atoms with Crippen molar-refractivity contribution in [1.29, 1.82) is 0 Å². The minimum Gasteiger partial charge on any atom is -0.493 e. The largest absolute Gasteiger partial charge is 0.493 e. The maximum absolute atomic E-state index is 9.90. The number of nitrogens with zero attached hydrogens (tertiary/aromatic N) is 2. The Labute approximate surface area is 102 Å². The number of rotatable bonds is 1. The zero-order valence-electron chi connectivity index (χ0n) is 8.87. The lowest BCUT2D eigenvalue weighted by Gasteiger charge is -2.09. The van der Waals surface area contributed by atoms with Gasteiger partial charge in [-0.2, -0.15) is 4.98 Å². The van der Waals surface area contributed by atoms with E-state index in [1.54, 1.807) is 0 Å². The maximum Gasteiger partial charge on any atom is 0.222 e. The van der Waals surface area contributed by atoms with Crippen molar-refractivity contribution in [2.45, 2.75) is 25.2 Å². The fraction of sp³-hybridized carbons (Fsp3) is 0.333. The van der Waals surface area contributed by atoms with Gasteiger partial charge in [-0.25, -0.2) is 4.98 Å². The average molecular weight is 279 g/mol. The van der Waals surface area contributed by atoms with Crippen LogP contribution in [-0.2, 0) is 5.41 Å². The molecule has 0 amide bonds. The van der Waals surface area contributed by atoms with Crippen LogP contribution in [0.25, 0.3) is 10.9 Å². The smallest absolute Gasteiger partial charge is 0.222 e. The Balaban J connectivity index is 2.26. The highest BCUT2D eigenvalue weighted by Gasteiger charge is 2.42. The van der Waals surface area contributed by atoms with Gasteiger partial charge in [0.25, 0.3) is 0 Å². The van der Waals surface area contributed by atoms with Crippen LogP contribution in [0.1, 0.15) is 25.6 Å². The molecule has 1 aliphatic rings. The second-order valence-corrected chi connectivity index (χ2v) is 5.51. The van der Waals surface area contributed by atoms with Crippen LogP contribution in [0, 0.1) is 0 Å². The van der Waals surface area contributed by atoms with E-state index < -0.39 is 0 Å². The van der Waals surface area contributed by atoms with Crippen LogP contribution in [0.5, 0.6) is 5.88 Å². The molecule has 4 heteroatoms. The Kier molecular flexibility index (Phi) is 1.98. The summed E-state index contributed by atoms with van der Waals surface area (Å²) in [6.07, 6.45) is 2.21. The van der Waals surface area contributed by atoms with Gasteiger partial charge in [-0.3, -0.25) is 0 Å². The lowest BCUT2D eigenvalue weighted by Crippen LogP contribution is -2.06. The van der Waals surface area contributed by atoms with E-state index in [0.29, 0.717) is 5.39 Å².